The van der Waals surface area contributed by atoms with Crippen molar-refractivity contribution in [1.29, 1.82) is 0 Å². The molecule has 0 radical (unpaired) electrons. The summed E-state index contributed by atoms with van der Waals surface area (Å²) >= 11 is 11.4. The van der Waals surface area contributed by atoms with E-state index in [1.807, 2.05) is 0 Å². The summed E-state index contributed by atoms with van der Waals surface area (Å²) in [6, 6.07) is 4.52. The molecule has 0 saturated carbocycles. The van der Waals surface area contributed by atoms with Gasteiger partial charge in [-0.1, -0.05) is 30.1 Å². The highest BCUT2D eigenvalue weighted by Gasteiger charge is 2.21. The molecule has 13 heavy (non-hydrogen) atoms. The van der Waals surface area contributed by atoms with Crippen LogP contribution in [0.1, 0.15) is 6.92 Å². The molecule has 0 amide bonds. The lowest BCUT2D eigenvalue weighted by molar-refractivity contribution is 0.491. The third-order valence-corrected chi connectivity index (χ3v) is 4.39. The first-order chi connectivity index (χ1) is 5.97. The number of benzene rings is 1. The number of hydrogen-bond acceptors (Lipinski definition) is 1. The average Bonchev–Trinajstić information content (AvgIpc) is 2.03. The van der Waals surface area contributed by atoms with Gasteiger partial charge >= 0.3 is 0 Å². The molecule has 1 aromatic rings. The molecule has 0 spiro atoms. The monoisotopic (exact) mass is 238 g/mol. The summed E-state index contributed by atoms with van der Waals surface area (Å²) < 4.78 is 11.5. The maximum atomic E-state index is 11.5. The lowest BCUT2D eigenvalue weighted by atomic mass is 10.4. The molecule has 5 heteroatoms. The Bertz CT molecular complexity index is 365. The summed E-state index contributed by atoms with van der Waals surface area (Å²) in [5, 5.41) is 0.992. The van der Waals surface area contributed by atoms with Crippen molar-refractivity contribution in [1.82, 2.24) is 0 Å². The predicted octanol–water partition coefficient (Wildman–Crippen LogP) is 2.91. The van der Waals surface area contributed by atoms with Crippen LogP contribution in [0.5, 0.6) is 0 Å². The minimum Gasteiger partial charge on any atom is -0.341 e. The largest absolute Gasteiger partial charge is 0.341 e. The van der Waals surface area contributed by atoms with Gasteiger partial charge in [-0.3, -0.25) is 4.57 Å². The molecule has 72 valence electrons. The highest BCUT2D eigenvalue weighted by Crippen LogP contribution is 2.41. The smallest absolute Gasteiger partial charge is 0.230 e. The lowest BCUT2D eigenvalue weighted by Crippen LogP contribution is -2.07. The number of hydrogen-bond donors (Lipinski definition) is 1. The van der Waals surface area contributed by atoms with Crippen LogP contribution >= 0.6 is 30.6 Å². The summed E-state index contributed by atoms with van der Waals surface area (Å²) in [7, 11) is -3.27. The van der Waals surface area contributed by atoms with Crippen molar-refractivity contribution in [3.63, 3.8) is 0 Å². The van der Waals surface area contributed by atoms with Crippen molar-refractivity contribution >= 4 is 35.9 Å². The standard InChI is InChI=1S/C8H9Cl2O2P/c1-2-13(11,12)8-4-3-6(9)5-7(8)10/h3-5H,2H2,1H3,(H,11,12). The van der Waals surface area contributed by atoms with Crippen molar-refractivity contribution in [2.45, 2.75) is 6.92 Å². The van der Waals surface area contributed by atoms with E-state index in [-0.39, 0.29) is 16.5 Å². The third-order valence-electron chi connectivity index (χ3n) is 1.71. The second kappa shape index (κ2) is 4.02. The van der Waals surface area contributed by atoms with Crippen molar-refractivity contribution in [2.75, 3.05) is 6.16 Å². The maximum Gasteiger partial charge on any atom is 0.230 e. The Kier molecular flexibility index (Phi) is 3.42. The minimum atomic E-state index is -3.27. The molecule has 0 fully saturated rings. The molecule has 0 aromatic heterocycles. The Morgan fingerprint density at radius 3 is 2.54 bits per heavy atom. The molecule has 0 aliphatic carbocycles. The highest BCUT2D eigenvalue weighted by atomic mass is 35.5. The van der Waals surface area contributed by atoms with Gasteiger partial charge in [0, 0.05) is 11.2 Å². The van der Waals surface area contributed by atoms with Gasteiger partial charge < -0.3 is 4.89 Å². The van der Waals surface area contributed by atoms with Crippen LogP contribution in [0.3, 0.4) is 0 Å². The van der Waals surface area contributed by atoms with Crippen molar-refractivity contribution in [3.8, 4) is 0 Å². The molecule has 1 rings (SSSR count). The van der Waals surface area contributed by atoms with Crippen LogP contribution in [-0.4, -0.2) is 11.1 Å². The predicted molar refractivity (Wildman–Crippen MR) is 56.5 cm³/mol. The Hall–Kier alpha value is -0.0100. The van der Waals surface area contributed by atoms with Crippen molar-refractivity contribution in [2.24, 2.45) is 0 Å². The topological polar surface area (TPSA) is 37.3 Å². The van der Waals surface area contributed by atoms with Gasteiger partial charge in [-0.25, -0.2) is 0 Å². The first-order valence-corrected chi connectivity index (χ1v) is 6.35. The second-order valence-electron chi connectivity index (χ2n) is 2.61. The Morgan fingerprint density at radius 2 is 2.08 bits per heavy atom. The molecule has 0 aliphatic rings. The normalized spacial score (nSPS) is 15.4. The van der Waals surface area contributed by atoms with Gasteiger partial charge in [0.2, 0.25) is 7.37 Å². The van der Waals surface area contributed by atoms with Gasteiger partial charge in [-0.15, -0.1) is 0 Å². The summed E-state index contributed by atoms with van der Waals surface area (Å²) in [4.78, 5) is 9.49. The van der Waals surface area contributed by atoms with Gasteiger partial charge in [0.15, 0.2) is 0 Å². The molecular weight excluding hydrogens is 230 g/mol. The first kappa shape index (κ1) is 11.1. The van der Waals surface area contributed by atoms with Crippen LogP contribution in [-0.2, 0) is 4.57 Å². The van der Waals surface area contributed by atoms with E-state index in [0.29, 0.717) is 5.02 Å². The van der Waals surface area contributed by atoms with Crippen LogP contribution < -0.4 is 5.30 Å². The van der Waals surface area contributed by atoms with E-state index in [9.17, 15) is 9.46 Å². The fourth-order valence-corrected chi connectivity index (χ4v) is 2.79. The molecule has 1 unspecified atom stereocenters. The van der Waals surface area contributed by atoms with Crippen LogP contribution in [0, 0.1) is 0 Å². The Labute approximate surface area is 86.9 Å². The van der Waals surface area contributed by atoms with Gasteiger partial charge in [-0.2, -0.15) is 0 Å². The van der Waals surface area contributed by atoms with Crippen molar-refractivity contribution < 1.29 is 9.46 Å². The second-order valence-corrected chi connectivity index (χ2v) is 5.97. The van der Waals surface area contributed by atoms with Crippen LogP contribution in [0.15, 0.2) is 18.2 Å². The number of rotatable bonds is 2. The highest BCUT2D eigenvalue weighted by molar-refractivity contribution is 7.66. The van der Waals surface area contributed by atoms with Crippen LogP contribution in [0.4, 0.5) is 0 Å². The maximum absolute atomic E-state index is 11.5. The SMILES string of the molecule is CCP(=O)(O)c1ccc(Cl)cc1Cl. The van der Waals surface area contributed by atoms with E-state index < -0.39 is 7.37 Å². The molecule has 2 nitrogen and oxygen atoms in total. The van der Waals surface area contributed by atoms with E-state index in [0.717, 1.165) is 0 Å². The van der Waals surface area contributed by atoms with Crippen molar-refractivity contribution in [3.05, 3.63) is 28.2 Å². The molecule has 0 bridgehead atoms. The van der Waals surface area contributed by atoms with Crippen LogP contribution in [0.25, 0.3) is 0 Å². The minimum absolute atomic E-state index is 0.175. The van der Waals surface area contributed by atoms with Gasteiger partial charge in [0.05, 0.1) is 10.3 Å². The fourth-order valence-electron chi connectivity index (χ4n) is 0.935. The van der Waals surface area contributed by atoms with E-state index in [1.165, 1.54) is 12.1 Å². The molecular formula is C8H9Cl2O2P. The summed E-state index contributed by atoms with van der Waals surface area (Å²) in [6.45, 7) is 1.64. The zero-order valence-corrected chi connectivity index (χ0v) is 9.40. The molecule has 1 aromatic carbocycles. The van der Waals surface area contributed by atoms with E-state index in [1.54, 1.807) is 13.0 Å². The Balaban J connectivity index is 3.24. The molecule has 0 heterocycles. The molecule has 0 saturated heterocycles. The van der Waals surface area contributed by atoms with Gasteiger partial charge in [0.1, 0.15) is 0 Å². The average molecular weight is 239 g/mol. The molecule has 0 aliphatic heterocycles. The van der Waals surface area contributed by atoms with Gasteiger partial charge in [0.25, 0.3) is 0 Å². The third kappa shape index (κ3) is 2.47. The Morgan fingerprint density at radius 1 is 1.46 bits per heavy atom. The fraction of sp³-hybridized carbons (Fsp3) is 0.250. The zero-order chi connectivity index (χ0) is 10.1. The first-order valence-electron chi connectivity index (χ1n) is 3.75. The summed E-state index contributed by atoms with van der Waals surface area (Å²) in [6.07, 6.45) is 0.175. The van der Waals surface area contributed by atoms with Crippen LogP contribution in [0.2, 0.25) is 10.0 Å². The quantitative estimate of drug-likeness (QED) is 0.805. The van der Waals surface area contributed by atoms with Gasteiger partial charge in [-0.05, 0) is 18.2 Å². The molecule has 1 N–H and O–H groups in total. The number of halogens is 2. The summed E-state index contributed by atoms with van der Waals surface area (Å²) in [5.74, 6) is 0. The van der Waals surface area contributed by atoms with E-state index >= 15 is 0 Å². The summed E-state index contributed by atoms with van der Waals surface area (Å²) in [5.41, 5.74) is 0. The van der Waals surface area contributed by atoms with E-state index in [4.69, 9.17) is 23.2 Å². The molecule has 1 atom stereocenters. The van der Waals surface area contributed by atoms with E-state index in [2.05, 4.69) is 0 Å². The zero-order valence-electron chi connectivity index (χ0n) is 7.00. The lowest BCUT2D eigenvalue weighted by Gasteiger charge is -2.10.